The zero-order valence-corrected chi connectivity index (χ0v) is 12.5. The summed E-state index contributed by atoms with van der Waals surface area (Å²) in [7, 11) is 0. The molecule has 0 bridgehead atoms. The van der Waals surface area contributed by atoms with E-state index in [9.17, 15) is 9.59 Å². The maximum Gasteiger partial charge on any atom is 0.251 e. The number of anilines is 2. The van der Waals surface area contributed by atoms with E-state index in [2.05, 4.69) is 21.3 Å². The molecule has 1 aliphatic rings. The molecule has 6 nitrogen and oxygen atoms in total. The van der Waals surface area contributed by atoms with Crippen molar-refractivity contribution < 1.29 is 9.59 Å². The highest BCUT2D eigenvalue weighted by Crippen LogP contribution is 2.25. The second kappa shape index (κ2) is 6.97. The van der Waals surface area contributed by atoms with Crippen LogP contribution in [-0.4, -0.2) is 37.5 Å². The van der Waals surface area contributed by atoms with Crippen LogP contribution in [0.4, 0.5) is 11.4 Å². The van der Waals surface area contributed by atoms with Crippen LogP contribution in [0.5, 0.6) is 0 Å². The highest BCUT2D eigenvalue weighted by atomic mass is 16.2. The summed E-state index contributed by atoms with van der Waals surface area (Å²) in [6, 6.07) is 4.88. The van der Waals surface area contributed by atoms with Crippen LogP contribution in [0.25, 0.3) is 0 Å². The number of hydrogen-bond donors (Lipinski definition) is 4. The van der Waals surface area contributed by atoms with Gasteiger partial charge in [0.15, 0.2) is 0 Å². The Balaban J connectivity index is 1.98. The number of nitrogens with one attached hydrogen (secondary N) is 4. The first-order chi connectivity index (χ1) is 10.1. The van der Waals surface area contributed by atoms with Gasteiger partial charge in [-0.15, -0.1) is 0 Å². The summed E-state index contributed by atoms with van der Waals surface area (Å²) in [5, 5.41) is 12.0. The first kappa shape index (κ1) is 15.2. The van der Waals surface area contributed by atoms with Crippen LogP contribution in [0, 0.1) is 0 Å². The summed E-state index contributed by atoms with van der Waals surface area (Å²) >= 11 is 0. The van der Waals surface area contributed by atoms with Gasteiger partial charge in [-0.2, -0.15) is 0 Å². The van der Waals surface area contributed by atoms with Crippen LogP contribution in [0.3, 0.4) is 0 Å². The minimum atomic E-state index is -0.550. The molecule has 0 saturated carbocycles. The third-order valence-electron chi connectivity index (χ3n) is 3.33. The Kier molecular flexibility index (Phi) is 5.03. The van der Waals surface area contributed by atoms with E-state index >= 15 is 0 Å². The topological polar surface area (TPSA) is 82.3 Å². The van der Waals surface area contributed by atoms with Crippen molar-refractivity contribution in [2.45, 2.75) is 26.3 Å². The molecule has 0 saturated heterocycles. The van der Waals surface area contributed by atoms with Crippen LogP contribution in [0.1, 0.15) is 30.6 Å². The van der Waals surface area contributed by atoms with Crippen molar-refractivity contribution in [3.05, 3.63) is 23.8 Å². The lowest BCUT2D eigenvalue weighted by Gasteiger charge is -2.20. The Morgan fingerprint density at radius 3 is 2.67 bits per heavy atom. The molecular formula is C15H22N4O2. The number of amides is 2. The molecule has 1 aliphatic heterocycles. The van der Waals surface area contributed by atoms with E-state index in [4.69, 9.17) is 0 Å². The minimum absolute atomic E-state index is 0.164. The SMILES string of the molecule is CCCNC(=O)C(C)NC(=O)c1ccc2c(c1)NCCN2. The fourth-order valence-electron chi connectivity index (χ4n) is 2.13. The molecule has 0 aliphatic carbocycles. The quantitative estimate of drug-likeness (QED) is 0.656. The van der Waals surface area contributed by atoms with Crippen LogP contribution in [0.15, 0.2) is 18.2 Å². The molecule has 2 amide bonds. The standard InChI is InChI=1S/C15H22N4O2/c1-3-6-18-14(20)10(2)19-15(21)11-4-5-12-13(9-11)17-8-7-16-12/h4-5,9-10,16-17H,3,6-8H2,1-2H3,(H,18,20)(H,19,21). The minimum Gasteiger partial charge on any atom is -0.382 e. The molecular weight excluding hydrogens is 268 g/mol. The highest BCUT2D eigenvalue weighted by molar-refractivity contribution is 5.99. The predicted octanol–water partition coefficient (Wildman–Crippen LogP) is 1.17. The smallest absolute Gasteiger partial charge is 0.251 e. The second-order valence-electron chi connectivity index (χ2n) is 5.10. The molecule has 1 aromatic rings. The Bertz CT molecular complexity index is 530. The van der Waals surface area contributed by atoms with Crippen LogP contribution < -0.4 is 21.3 Å². The molecule has 6 heteroatoms. The van der Waals surface area contributed by atoms with Crippen molar-refractivity contribution in [3.8, 4) is 0 Å². The lowest BCUT2D eigenvalue weighted by molar-refractivity contribution is -0.122. The number of hydrogen-bond acceptors (Lipinski definition) is 4. The molecule has 0 radical (unpaired) electrons. The molecule has 21 heavy (non-hydrogen) atoms. The van der Waals surface area contributed by atoms with Crippen LogP contribution in [-0.2, 0) is 4.79 Å². The van der Waals surface area contributed by atoms with Gasteiger partial charge in [0, 0.05) is 25.2 Å². The summed E-state index contributed by atoms with van der Waals surface area (Å²) in [4.78, 5) is 23.9. The summed E-state index contributed by atoms with van der Waals surface area (Å²) in [5.74, 6) is -0.410. The average molecular weight is 290 g/mol. The Hall–Kier alpha value is -2.24. The molecule has 1 heterocycles. The van der Waals surface area contributed by atoms with E-state index in [0.717, 1.165) is 30.9 Å². The van der Waals surface area contributed by atoms with Crippen molar-refractivity contribution >= 4 is 23.2 Å². The third-order valence-corrected chi connectivity index (χ3v) is 3.33. The zero-order valence-electron chi connectivity index (χ0n) is 12.5. The molecule has 0 aromatic heterocycles. The van der Waals surface area contributed by atoms with Crippen molar-refractivity contribution in [2.24, 2.45) is 0 Å². The fraction of sp³-hybridized carbons (Fsp3) is 0.467. The van der Waals surface area contributed by atoms with Crippen molar-refractivity contribution in [1.82, 2.24) is 10.6 Å². The van der Waals surface area contributed by atoms with Gasteiger partial charge in [-0.3, -0.25) is 9.59 Å². The lowest BCUT2D eigenvalue weighted by atomic mass is 10.1. The summed E-state index contributed by atoms with van der Waals surface area (Å²) in [6.45, 7) is 5.98. The maximum absolute atomic E-state index is 12.2. The van der Waals surface area contributed by atoms with Gasteiger partial charge in [0.2, 0.25) is 5.91 Å². The maximum atomic E-state index is 12.2. The number of carbonyl (C=O) groups is 2. The monoisotopic (exact) mass is 290 g/mol. The van der Waals surface area contributed by atoms with Gasteiger partial charge in [0.1, 0.15) is 6.04 Å². The molecule has 0 spiro atoms. The number of rotatable bonds is 5. The first-order valence-corrected chi connectivity index (χ1v) is 7.32. The van der Waals surface area contributed by atoms with Gasteiger partial charge in [-0.25, -0.2) is 0 Å². The van der Waals surface area contributed by atoms with Gasteiger partial charge < -0.3 is 21.3 Å². The van der Waals surface area contributed by atoms with E-state index in [1.807, 2.05) is 13.0 Å². The van der Waals surface area contributed by atoms with Gasteiger partial charge in [0.25, 0.3) is 5.91 Å². The number of benzene rings is 1. The molecule has 1 aromatic carbocycles. The van der Waals surface area contributed by atoms with Crippen molar-refractivity contribution in [2.75, 3.05) is 30.3 Å². The van der Waals surface area contributed by atoms with Gasteiger partial charge >= 0.3 is 0 Å². The Morgan fingerprint density at radius 2 is 1.95 bits per heavy atom. The lowest BCUT2D eigenvalue weighted by Crippen LogP contribution is -2.45. The fourth-order valence-corrected chi connectivity index (χ4v) is 2.13. The van der Waals surface area contributed by atoms with E-state index in [1.165, 1.54) is 0 Å². The van der Waals surface area contributed by atoms with Gasteiger partial charge in [-0.1, -0.05) is 6.92 Å². The highest BCUT2D eigenvalue weighted by Gasteiger charge is 2.17. The van der Waals surface area contributed by atoms with Crippen LogP contribution in [0.2, 0.25) is 0 Å². The Morgan fingerprint density at radius 1 is 1.24 bits per heavy atom. The Labute approximate surface area is 124 Å². The van der Waals surface area contributed by atoms with Crippen molar-refractivity contribution in [1.29, 1.82) is 0 Å². The van der Waals surface area contributed by atoms with E-state index in [1.54, 1.807) is 19.1 Å². The normalized spacial score (nSPS) is 14.2. The largest absolute Gasteiger partial charge is 0.382 e. The number of carbonyl (C=O) groups excluding carboxylic acids is 2. The summed E-state index contributed by atoms with van der Waals surface area (Å²) < 4.78 is 0. The van der Waals surface area contributed by atoms with E-state index in [0.29, 0.717) is 12.1 Å². The van der Waals surface area contributed by atoms with E-state index in [-0.39, 0.29) is 11.8 Å². The number of fused-ring (bicyclic) bond motifs is 1. The third kappa shape index (κ3) is 3.87. The van der Waals surface area contributed by atoms with Crippen molar-refractivity contribution in [3.63, 3.8) is 0 Å². The molecule has 114 valence electrons. The second-order valence-corrected chi connectivity index (χ2v) is 5.10. The molecule has 1 unspecified atom stereocenters. The predicted molar refractivity (Wildman–Crippen MR) is 83.7 cm³/mol. The summed E-state index contributed by atoms with van der Waals surface area (Å²) in [6.07, 6.45) is 0.871. The zero-order chi connectivity index (χ0) is 15.2. The molecule has 1 atom stereocenters. The van der Waals surface area contributed by atoms with Crippen LogP contribution >= 0.6 is 0 Å². The average Bonchev–Trinajstić information content (AvgIpc) is 2.51. The van der Waals surface area contributed by atoms with E-state index < -0.39 is 6.04 Å². The molecule has 4 N–H and O–H groups in total. The molecule has 2 rings (SSSR count). The molecule has 0 fully saturated rings. The van der Waals surface area contributed by atoms with Gasteiger partial charge in [0.05, 0.1) is 11.4 Å². The first-order valence-electron chi connectivity index (χ1n) is 7.32. The van der Waals surface area contributed by atoms with Gasteiger partial charge in [-0.05, 0) is 31.5 Å². The summed E-state index contributed by atoms with van der Waals surface area (Å²) in [5.41, 5.74) is 2.45.